The number of rotatable bonds is 11. The molecule has 0 saturated carbocycles. The first-order valence-electron chi connectivity index (χ1n) is 8.81. The van der Waals surface area contributed by atoms with Crippen LogP contribution in [-0.2, 0) is 35.6 Å². The molecule has 0 aromatic carbocycles. The van der Waals surface area contributed by atoms with E-state index in [4.69, 9.17) is 14.6 Å². The van der Waals surface area contributed by atoms with E-state index >= 15 is 0 Å². The Balaban J connectivity index is 1.95. The minimum atomic E-state index is -0.289. The maximum Gasteiger partial charge on any atom is 0.302 e. The van der Waals surface area contributed by atoms with Crippen molar-refractivity contribution in [3.8, 4) is 6.01 Å². The summed E-state index contributed by atoms with van der Waals surface area (Å²) in [5.41, 5.74) is 0.884. The van der Waals surface area contributed by atoms with Crippen molar-refractivity contribution in [1.29, 1.82) is 0 Å². The molecule has 1 N–H and O–H groups in total. The molecule has 10 heteroatoms. The second kappa shape index (κ2) is 10.4. The Labute approximate surface area is 156 Å². The third-order valence-corrected chi connectivity index (χ3v) is 3.95. The van der Waals surface area contributed by atoms with E-state index < -0.39 is 0 Å². The maximum atomic E-state index is 12.7. The van der Waals surface area contributed by atoms with Gasteiger partial charge in [0.15, 0.2) is 0 Å². The molecule has 0 spiro atoms. The van der Waals surface area contributed by atoms with E-state index in [0.29, 0.717) is 37.4 Å². The van der Waals surface area contributed by atoms with E-state index in [-0.39, 0.29) is 24.1 Å². The average molecular weight is 379 g/mol. The Hall–Kier alpha value is -2.75. The number of unbranched alkanes of at least 4 members (excludes halogenated alkanes) is 2. The number of aromatic nitrogens is 5. The summed E-state index contributed by atoms with van der Waals surface area (Å²) in [6, 6.07) is 0.270. The molecule has 0 unspecified atom stereocenters. The standard InChI is InChI=1S/C17H25N5O5/c1-13(24)27-9-5-3-4-7-22-16(25)14(10-18-17(22)26-2)6-8-21-11-15(12-23)19-20-21/h10-11,23H,3-9,12H2,1-2H3. The normalized spacial score (nSPS) is 10.8. The van der Waals surface area contributed by atoms with Crippen LogP contribution < -0.4 is 10.3 Å². The van der Waals surface area contributed by atoms with E-state index in [2.05, 4.69) is 15.3 Å². The van der Waals surface area contributed by atoms with Crippen molar-refractivity contribution in [3.63, 3.8) is 0 Å². The lowest BCUT2D eigenvalue weighted by Crippen LogP contribution is -2.27. The molecule has 27 heavy (non-hydrogen) atoms. The van der Waals surface area contributed by atoms with Gasteiger partial charge in [0.25, 0.3) is 11.6 Å². The molecule has 0 aliphatic heterocycles. The summed E-state index contributed by atoms with van der Waals surface area (Å²) in [6.45, 7) is 2.52. The van der Waals surface area contributed by atoms with Gasteiger partial charge >= 0.3 is 5.97 Å². The summed E-state index contributed by atoms with van der Waals surface area (Å²) in [5.74, 6) is -0.289. The molecule has 0 saturated heterocycles. The van der Waals surface area contributed by atoms with E-state index in [9.17, 15) is 9.59 Å². The molecule has 10 nitrogen and oxygen atoms in total. The van der Waals surface area contributed by atoms with Gasteiger partial charge < -0.3 is 14.6 Å². The zero-order valence-electron chi connectivity index (χ0n) is 15.6. The molecule has 2 heterocycles. The lowest BCUT2D eigenvalue weighted by molar-refractivity contribution is -0.141. The fourth-order valence-corrected chi connectivity index (χ4v) is 2.57. The van der Waals surface area contributed by atoms with E-state index in [1.165, 1.54) is 24.8 Å². The third-order valence-electron chi connectivity index (χ3n) is 3.95. The zero-order valence-corrected chi connectivity index (χ0v) is 15.6. The quantitative estimate of drug-likeness (QED) is 0.437. The maximum absolute atomic E-state index is 12.7. The van der Waals surface area contributed by atoms with Crippen molar-refractivity contribution >= 4 is 5.97 Å². The van der Waals surface area contributed by atoms with Gasteiger partial charge in [-0.25, -0.2) is 4.98 Å². The third kappa shape index (κ3) is 6.17. The van der Waals surface area contributed by atoms with E-state index in [0.717, 1.165) is 19.3 Å². The number of carbonyl (C=O) groups is 1. The first-order valence-corrected chi connectivity index (χ1v) is 8.81. The number of ether oxygens (including phenoxy) is 2. The Kier molecular flexibility index (Phi) is 7.93. The molecule has 2 rings (SSSR count). The van der Waals surface area contributed by atoms with Crippen LogP contribution in [0.1, 0.15) is 37.4 Å². The molecule has 0 radical (unpaired) electrons. The molecular weight excluding hydrogens is 354 g/mol. The summed E-state index contributed by atoms with van der Waals surface area (Å²) in [6.07, 6.45) is 5.89. The van der Waals surface area contributed by atoms with Crippen LogP contribution in [0.25, 0.3) is 0 Å². The predicted molar refractivity (Wildman–Crippen MR) is 95.2 cm³/mol. The monoisotopic (exact) mass is 379 g/mol. The Bertz CT molecular complexity index is 801. The zero-order chi connectivity index (χ0) is 19.6. The molecule has 2 aromatic heterocycles. The number of aliphatic hydroxyl groups is 1. The minimum Gasteiger partial charge on any atom is -0.468 e. The Morgan fingerprint density at radius 2 is 2.07 bits per heavy atom. The smallest absolute Gasteiger partial charge is 0.302 e. The highest BCUT2D eigenvalue weighted by atomic mass is 16.5. The summed E-state index contributed by atoms with van der Waals surface area (Å²) >= 11 is 0. The van der Waals surface area contributed by atoms with Crippen LogP contribution in [-0.4, -0.2) is 49.3 Å². The van der Waals surface area contributed by atoms with Crippen molar-refractivity contribution in [1.82, 2.24) is 24.5 Å². The van der Waals surface area contributed by atoms with Crippen molar-refractivity contribution in [2.24, 2.45) is 0 Å². The first kappa shape index (κ1) is 20.6. The summed E-state index contributed by atoms with van der Waals surface area (Å²) in [4.78, 5) is 27.7. The lowest BCUT2D eigenvalue weighted by atomic mass is 10.2. The van der Waals surface area contributed by atoms with Crippen molar-refractivity contribution in [3.05, 3.63) is 34.0 Å². The van der Waals surface area contributed by atoms with Crippen LogP contribution in [0, 0.1) is 0 Å². The van der Waals surface area contributed by atoms with Crippen LogP contribution in [0.4, 0.5) is 0 Å². The molecule has 0 aliphatic carbocycles. The van der Waals surface area contributed by atoms with Crippen molar-refractivity contribution in [2.75, 3.05) is 13.7 Å². The SMILES string of the molecule is COc1ncc(CCn2cc(CO)nn2)c(=O)n1CCCCCOC(C)=O. The molecule has 0 atom stereocenters. The van der Waals surface area contributed by atoms with Crippen LogP contribution >= 0.6 is 0 Å². The molecule has 0 bridgehead atoms. The van der Waals surface area contributed by atoms with Gasteiger partial charge in [0.2, 0.25) is 0 Å². The number of methoxy groups -OCH3 is 1. The van der Waals surface area contributed by atoms with Crippen molar-refractivity contribution in [2.45, 2.75) is 52.3 Å². The largest absolute Gasteiger partial charge is 0.468 e. The number of hydrogen-bond donors (Lipinski definition) is 1. The average Bonchev–Trinajstić information content (AvgIpc) is 3.12. The van der Waals surface area contributed by atoms with Crippen LogP contribution in [0.15, 0.2) is 17.2 Å². The molecule has 148 valence electrons. The minimum absolute atomic E-state index is 0.149. The van der Waals surface area contributed by atoms with Gasteiger partial charge in [-0.2, -0.15) is 0 Å². The second-order valence-corrected chi connectivity index (χ2v) is 6.01. The number of aliphatic hydroxyl groups excluding tert-OH is 1. The summed E-state index contributed by atoms with van der Waals surface area (Å²) < 4.78 is 13.2. The highest BCUT2D eigenvalue weighted by molar-refractivity contribution is 5.65. The van der Waals surface area contributed by atoms with Crippen LogP contribution in [0.2, 0.25) is 0 Å². The second-order valence-electron chi connectivity index (χ2n) is 6.01. The number of nitrogens with zero attached hydrogens (tertiary/aromatic N) is 5. The molecule has 0 aliphatic rings. The van der Waals surface area contributed by atoms with E-state index in [1.54, 1.807) is 10.9 Å². The van der Waals surface area contributed by atoms with Gasteiger partial charge in [0.05, 0.1) is 26.5 Å². The number of esters is 1. The van der Waals surface area contributed by atoms with Gasteiger partial charge in [0.1, 0.15) is 5.69 Å². The van der Waals surface area contributed by atoms with Crippen molar-refractivity contribution < 1.29 is 19.4 Å². The van der Waals surface area contributed by atoms with Crippen LogP contribution in [0.5, 0.6) is 6.01 Å². The highest BCUT2D eigenvalue weighted by Crippen LogP contribution is 2.08. The molecule has 2 aromatic rings. The lowest BCUT2D eigenvalue weighted by Gasteiger charge is -2.12. The van der Waals surface area contributed by atoms with Gasteiger partial charge in [0, 0.05) is 31.8 Å². The Morgan fingerprint density at radius 3 is 2.74 bits per heavy atom. The predicted octanol–water partition coefficient (Wildman–Crippen LogP) is 0.312. The molecular formula is C17H25N5O5. The molecule has 0 amide bonds. The number of hydrogen-bond acceptors (Lipinski definition) is 8. The fraction of sp³-hybridized carbons (Fsp3) is 0.588. The van der Waals surface area contributed by atoms with Gasteiger partial charge in [-0.15, -0.1) is 5.10 Å². The van der Waals surface area contributed by atoms with Crippen LogP contribution in [0.3, 0.4) is 0 Å². The van der Waals surface area contributed by atoms with Gasteiger partial charge in [-0.1, -0.05) is 5.21 Å². The number of aryl methyl sites for hydroxylation is 2. The van der Waals surface area contributed by atoms with Gasteiger partial charge in [-0.3, -0.25) is 18.8 Å². The summed E-state index contributed by atoms with van der Waals surface area (Å²) in [7, 11) is 1.48. The molecule has 0 fully saturated rings. The summed E-state index contributed by atoms with van der Waals surface area (Å²) in [5, 5.41) is 16.7. The van der Waals surface area contributed by atoms with E-state index in [1.807, 2.05) is 0 Å². The van der Waals surface area contributed by atoms with Gasteiger partial charge in [-0.05, 0) is 25.7 Å². The fourth-order valence-electron chi connectivity index (χ4n) is 2.57. The number of carbonyl (C=O) groups excluding carboxylic acids is 1. The topological polar surface area (TPSA) is 121 Å². The Morgan fingerprint density at radius 1 is 1.26 bits per heavy atom. The highest BCUT2D eigenvalue weighted by Gasteiger charge is 2.11. The first-order chi connectivity index (χ1) is 13.0.